The van der Waals surface area contributed by atoms with Gasteiger partial charge in [0.2, 0.25) is 0 Å². The molecule has 1 aliphatic rings. The van der Waals surface area contributed by atoms with Crippen LogP contribution in [0.2, 0.25) is 0 Å². The molecule has 2 amide bonds. The number of anilines is 1. The predicted molar refractivity (Wildman–Crippen MR) is 123 cm³/mol. The summed E-state index contributed by atoms with van der Waals surface area (Å²) in [4.78, 5) is 18.0. The molecular weight excluding hydrogens is 386 g/mol. The van der Waals surface area contributed by atoms with E-state index in [1.165, 1.54) is 11.1 Å². The number of para-hydroxylation sites is 2. The lowest BCUT2D eigenvalue weighted by molar-refractivity contribution is 0.206. The number of nitrogens with zero attached hydrogens (tertiary/aromatic N) is 1. The van der Waals surface area contributed by atoms with Crippen molar-refractivity contribution in [3.8, 4) is 11.1 Å². The van der Waals surface area contributed by atoms with E-state index in [9.17, 15) is 4.79 Å². The number of hydrogen-bond donors (Lipinski definition) is 2. The maximum absolute atomic E-state index is 12.9. The van der Waals surface area contributed by atoms with Gasteiger partial charge in [-0.1, -0.05) is 54.6 Å². The summed E-state index contributed by atoms with van der Waals surface area (Å²) in [6, 6.07) is 22.5. The van der Waals surface area contributed by atoms with Crippen LogP contribution in [0.25, 0.3) is 33.0 Å². The molecule has 31 heavy (non-hydrogen) atoms. The number of carbonyl (C=O) groups excluding carboxylic acids is 1. The maximum Gasteiger partial charge on any atom is 0.322 e. The average molecular weight is 407 g/mol. The first-order chi connectivity index (χ1) is 15.3. The van der Waals surface area contributed by atoms with Crippen LogP contribution in [0, 0.1) is 0 Å². The summed E-state index contributed by atoms with van der Waals surface area (Å²) in [6.07, 6.45) is 4.51. The molecule has 3 heterocycles. The summed E-state index contributed by atoms with van der Waals surface area (Å²) in [5.41, 5.74) is 7.47. The quantitative estimate of drug-likeness (QED) is 0.367. The van der Waals surface area contributed by atoms with Gasteiger partial charge in [-0.05, 0) is 35.2 Å². The first kappa shape index (κ1) is 17.8. The Labute approximate surface area is 179 Å². The van der Waals surface area contributed by atoms with Gasteiger partial charge in [-0.25, -0.2) is 4.79 Å². The Morgan fingerprint density at radius 2 is 1.81 bits per heavy atom. The van der Waals surface area contributed by atoms with Crippen LogP contribution >= 0.6 is 0 Å². The van der Waals surface area contributed by atoms with E-state index in [2.05, 4.69) is 34.6 Å². The fourth-order valence-electron chi connectivity index (χ4n) is 4.46. The zero-order valence-electron chi connectivity index (χ0n) is 16.9. The number of nitrogens with one attached hydrogen (secondary N) is 2. The third-order valence-electron chi connectivity index (χ3n) is 6.13. The van der Waals surface area contributed by atoms with Crippen molar-refractivity contribution < 1.29 is 9.21 Å². The minimum absolute atomic E-state index is 0.0692. The molecule has 0 unspecified atom stereocenters. The molecule has 0 spiro atoms. The molecule has 1 aliphatic heterocycles. The highest BCUT2D eigenvalue weighted by Gasteiger charge is 2.22. The van der Waals surface area contributed by atoms with Crippen LogP contribution in [0.5, 0.6) is 0 Å². The second kappa shape index (κ2) is 7.06. The first-order valence-electron chi connectivity index (χ1n) is 10.5. The number of hydrogen-bond acceptors (Lipinski definition) is 2. The number of fused-ring (bicyclic) bond motifs is 3. The van der Waals surface area contributed by atoms with Crippen molar-refractivity contribution in [1.29, 1.82) is 0 Å². The van der Waals surface area contributed by atoms with Gasteiger partial charge >= 0.3 is 6.03 Å². The van der Waals surface area contributed by atoms with Crippen LogP contribution in [0.1, 0.15) is 11.1 Å². The summed E-state index contributed by atoms with van der Waals surface area (Å²) < 4.78 is 5.71. The molecular formula is C26H21N3O2. The second-order valence-corrected chi connectivity index (χ2v) is 7.98. The first-order valence-corrected chi connectivity index (χ1v) is 10.5. The number of amides is 2. The van der Waals surface area contributed by atoms with E-state index in [-0.39, 0.29) is 6.03 Å². The monoisotopic (exact) mass is 407 g/mol. The molecule has 5 nitrogen and oxygen atoms in total. The molecule has 6 rings (SSSR count). The van der Waals surface area contributed by atoms with Crippen molar-refractivity contribution in [3.63, 3.8) is 0 Å². The zero-order chi connectivity index (χ0) is 20.8. The van der Waals surface area contributed by atoms with Gasteiger partial charge in [0, 0.05) is 41.1 Å². The normalized spacial score (nSPS) is 13.5. The largest absolute Gasteiger partial charge is 0.464 e. The van der Waals surface area contributed by atoms with Crippen molar-refractivity contribution >= 4 is 33.6 Å². The third-order valence-corrected chi connectivity index (χ3v) is 6.13. The molecule has 3 aromatic carbocycles. The topological polar surface area (TPSA) is 61.3 Å². The van der Waals surface area contributed by atoms with E-state index in [0.717, 1.165) is 45.1 Å². The van der Waals surface area contributed by atoms with Crippen molar-refractivity contribution in [1.82, 2.24) is 9.88 Å². The number of benzene rings is 3. The molecule has 0 fully saturated rings. The molecule has 0 atom stereocenters. The van der Waals surface area contributed by atoms with Crippen LogP contribution in [0.15, 0.2) is 83.6 Å². The van der Waals surface area contributed by atoms with Crippen LogP contribution < -0.4 is 5.32 Å². The van der Waals surface area contributed by atoms with Crippen LogP contribution in [-0.4, -0.2) is 22.5 Å². The number of H-pyrrole nitrogens is 1. The lowest BCUT2D eigenvalue weighted by Crippen LogP contribution is -2.38. The van der Waals surface area contributed by atoms with E-state index >= 15 is 0 Å². The number of carbonyl (C=O) groups is 1. The molecule has 5 heteroatoms. The number of aromatic nitrogens is 1. The van der Waals surface area contributed by atoms with Crippen molar-refractivity contribution in [3.05, 3.63) is 90.3 Å². The molecule has 0 aliphatic carbocycles. The third kappa shape index (κ3) is 3.06. The molecule has 0 saturated carbocycles. The lowest BCUT2D eigenvalue weighted by atomic mass is 9.94. The van der Waals surface area contributed by atoms with Gasteiger partial charge < -0.3 is 19.6 Å². The SMILES string of the molecule is O=C(Nc1c[nH]c2ccccc12)N1CCc2cc(-c3coc4ccccc34)ccc2C1. The molecule has 5 aromatic rings. The molecule has 2 N–H and O–H groups in total. The van der Waals surface area contributed by atoms with Gasteiger partial charge in [0.15, 0.2) is 0 Å². The van der Waals surface area contributed by atoms with Crippen LogP contribution in [0.4, 0.5) is 10.5 Å². The number of rotatable bonds is 2. The minimum atomic E-state index is -0.0692. The highest BCUT2D eigenvalue weighted by molar-refractivity contribution is 6.01. The Bertz CT molecular complexity index is 1430. The number of urea groups is 1. The van der Waals surface area contributed by atoms with Gasteiger partial charge in [0.1, 0.15) is 5.58 Å². The van der Waals surface area contributed by atoms with Gasteiger partial charge in [0.05, 0.1) is 12.0 Å². The van der Waals surface area contributed by atoms with Crippen LogP contribution in [-0.2, 0) is 13.0 Å². The van der Waals surface area contributed by atoms with E-state index in [0.29, 0.717) is 13.1 Å². The molecule has 0 radical (unpaired) electrons. The maximum atomic E-state index is 12.9. The molecule has 0 bridgehead atoms. The van der Waals surface area contributed by atoms with E-state index in [4.69, 9.17) is 4.42 Å². The highest BCUT2D eigenvalue weighted by Crippen LogP contribution is 2.33. The van der Waals surface area contributed by atoms with Crippen molar-refractivity contribution in [2.75, 3.05) is 11.9 Å². The fourth-order valence-corrected chi connectivity index (χ4v) is 4.46. The van der Waals surface area contributed by atoms with E-state index in [1.54, 1.807) is 0 Å². The average Bonchev–Trinajstić information content (AvgIpc) is 3.43. The van der Waals surface area contributed by atoms with E-state index in [1.807, 2.05) is 59.8 Å². The number of furan rings is 1. The van der Waals surface area contributed by atoms with E-state index < -0.39 is 0 Å². The smallest absolute Gasteiger partial charge is 0.322 e. The number of aromatic amines is 1. The minimum Gasteiger partial charge on any atom is -0.464 e. The highest BCUT2D eigenvalue weighted by atomic mass is 16.3. The summed E-state index contributed by atoms with van der Waals surface area (Å²) in [7, 11) is 0. The Morgan fingerprint density at radius 3 is 2.74 bits per heavy atom. The fraction of sp³-hybridized carbons (Fsp3) is 0.115. The summed E-state index contributed by atoms with van der Waals surface area (Å²) >= 11 is 0. The lowest BCUT2D eigenvalue weighted by Gasteiger charge is -2.29. The molecule has 152 valence electrons. The zero-order valence-corrected chi connectivity index (χ0v) is 16.9. The standard InChI is InChI=1S/C26H21N3O2/c30-26(28-24-14-27-23-7-3-1-6-21(23)24)29-12-11-17-13-18(9-10-19(17)15-29)22-16-31-25-8-4-2-5-20(22)25/h1-10,13-14,16,27H,11-12,15H2,(H,28,30). The summed E-state index contributed by atoms with van der Waals surface area (Å²) in [6.45, 7) is 1.30. The molecule has 0 saturated heterocycles. The van der Waals surface area contributed by atoms with Gasteiger partial charge in [-0.15, -0.1) is 0 Å². The van der Waals surface area contributed by atoms with Crippen molar-refractivity contribution in [2.24, 2.45) is 0 Å². The predicted octanol–water partition coefficient (Wildman–Crippen LogP) is 6.17. The van der Waals surface area contributed by atoms with Crippen molar-refractivity contribution in [2.45, 2.75) is 13.0 Å². The van der Waals surface area contributed by atoms with Gasteiger partial charge in [0.25, 0.3) is 0 Å². The Balaban J connectivity index is 1.23. The van der Waals surface area contributed by atoms with Gasteiger partial charge in [-0.2, -0.15) is 0 Å². The summed E-state index contributed by atoms with van der Waals surface area (Å²) in [5.74, 6) is 0. The second-order valence-electron chi connectivity index (χ2n) is 7.98. The van der Waals surface area contributed by atoms with Gasteiger partial charge in [-0.3, -0.25) is 0 Å². The summed E-state index contributed by atoms with van der Waals surface area (Å²) in [5, 5.41) is 5.20. The Kier molecular flexibility index (Phi) is 4.06. The molecule has 2 aromatic heterocycles. The Morgan fingerprint density at radius 1 is 0.968 bits per heavy atom. The Hall–Kier alpha value is -3.99. The van der Waals surface area contributed by atoms with Crippen LogP contribution in [0.3, 0.4) is 0 Å².